The van der Waals surface area contributed by atoms with Crippen molar-refractivity contribution in [1.82, 2.24) is 29.6 Å². The van der Waals surface area contributed by atoms with Gasteiger partial charge in [0, 0.05) is 43.3 Å². The number of nitrogens with zero attached hydrogens (tertiary/aromatic N) is 5. The average molecular weight is 393 g/mol. The van der Waals surface area contributed by atoms with Crippen molar-refractivity contribution in [3.63, 3.8) is 0 Å². The molecule has 4 heterocycles. The van der Waals surface area contributed by atoms with Crippen molar-refractivity contribution in [3.05, 3.63) is 53.5 Å². The lowest BCUT2D eigenvalue weighted by molar-refractivity contribution is 0.183. The van der Waals surface area contributed by atoms with Crippen LogP contribution in [0.15, 0.2) is 47.9 Å². The van der Waals surface area contributed by atoms with E-state index in [1.54, 1.807) is 24.7 Å². The fraction of sp³-hybridized carbons (Fsp3) is 0.429. The van der Waals surface area contributed by atoms with Gasteiger partial charge < -0.3 is 10.2 Å². The molecular weight excluding hydrogens is 366 g/mol. The van der Waals surface area contributed by atoms with Crippen LogP contribution in [0, 0.1) is 5.92 Å². The summed E-state index contributed by atoms with van der Waals surface area (Å²) < 4.78 is 1.42. The summed E-state index contributed by atoms with van der Waals surface area (Å²) in [6.45, 7) is 6.67. The third kappa shape index (κ3) is 4.71. The molecule has 3 aromatic heterocycles. The van der Waals surface area contributed by atoms with Gasteiger partial charge in [-0.25, -0.2) is 14.6 Å². The molecule has 0 aliphatic carbocycles. The molecule has 0 spiro atoms. The van der Waals surface area contributed by atoms with Crippen LogP contribution in [0.1, 0.15) is 26.2 Å². The standard InChI is InChI=1S/C21H27N7O/c1-16-5-3-9-27(14-16)10-4-8-23-19-11-20(25-15-24-19)28-21(29)18(13-26-28)17-6-2-7-22-12-17/h2,6-7,11-13,15-16,26H,3-5,8-10,14H2,1H3,(H,23,24,25). The van der Waals surface area contributed by atoms with Gasteiger partial charge in [-0.1, -0.05) is 13.0 Å². The molecule has 1 unspecified atom stereocenters. The van der Waals surface area contributed by atoms with Crippen LogP contribution in [0.4, 0.5) is 5.82 Å². The molecule has 2 N–H and O–H groups in total. The lowest BCUT2D eigenvalue weighted by atomic mass is 10.0. The topological polar surface area (TPSA) is 91.7 Å². The van der Waals surface area contributed by atoms with E-state index in [1.807, 2.05) is 12.1 Å². The summed E-state index contributed by atoms with van der Waals surface area (Å²) in [6, 6.07) is 5.45. The number of likely N-dealkylation sites (tertiary alicyclic amines) is 1. The maximum Gasteiger partial charge on any atom is 0.280 e. The molecule has 8 nitrogen and oxygen atoms in total. The Balaban J connectivity index is 1.38. The zero-order valence-corrected chi connectivity index (χ0v) is 16.7. The van der Waals surface area contributed by atoms with Crippen LogP contribution < -0.4 is 10.9 Å². The molecule has 1 atom stereocenters. The number of rotatable bonds is 7. The first-order valence-electron chi connectivity index (χ1n) is 10.2. The van der Waals surface area contributed by atoms with Crippen LogP contribution in [0.5, 0.6) is 0 Å². The molecule has 1 aliphatic heterocycles. The van der Waals surface area contributed by atoms with Crippen molar-refractivity contribution in [2.24, 2.45) is 5.92 Å². The Labute approximate surface area is 170 Å². The minimum Gasteiger partial charge on any atom is -0.370 e. The monoisotopic (exact) mass is 393 g/mol. The second-order valence-corrected chi connectivity index (χ2v) is 7.66. The molecule has 8 heteroatoms. The fourth-order valence-electron chi connectivity index (χ4n) is 3.84. The molecule has 1 fully saturated rings. The Hall–Kier alpha value is -3.00. The molecule has 1 aliphatic rings. The zero-order valence-electron chi connectivity index (χ0n) is 16.7. The summed E-state index contributed by atoms with van der Waals surface area (Å²) in [7, 11) is 0. The number of hydrogen-bond donors (Lipinski definition) is 2. The lowest BCUT2D eigenvalue weighted by Gasteiger charge is -2.30. The van der Waals surface area contributed by atoms with E-state index in [2.05, 4.69) is 37.2 Å². The lowest BCUT2D eigenvalue weighted by Crippen LogP contribution is -2.35. The number of H-pyrrole nitrogens is 1. The number of nitrogens with one attached hydrogen (secondary N) is 2. The molecule has 4 rings (SSSR count). The molecule has 3 aromatic rings. The highest BCUT2D eigenvalue weighted by molar-refractivity contribution is 5.60. The van der Waals surface area contributed by atoms with E-state index < -0.39 is 0 Å². The maximum absolute atomic E-state index is 12.8. The quantitative estimate of drug-likeness (QED) is 0.600. The van der Waals surface area contributed by atoms with Crippen LogP contribution in [0.2, 0.25) is 0 Å². The molecule has 152 valence electrons. The minimum atomic E-state index is -0.165. The molecule has 1 saturated heterocycles. The number of piperidine rings is 1. The molecular formula is C21H27N7O. The summed E-state index contributed by atoms with van der Waals surface area (Å²) in [5.41, 5.74) is 1.16. The van der Waals surface area contributed by atoms with E-state index in [0.717, 1.165) is 31.0 Å². The van der Waals surface area contributed by atoms with Crippen LogP contribution in [-0.4, -0.2) is 55.8 Å². The molecule has 0 radical (unpaired) electrons. The van der Waals surface area contributed by atoms with Gasteiger partial charge in [-0.05, 0) is 44.3 Å². The smallest absolute Gasteiger partial charge is 0.280 e. The highest BCUT2D eigenvalue weighted by Crippen LogP contribution is 2.16. The number of anilines is 1. The predicted molar refractivity (Wildman–Crippen MR) is 113 cm³/mol. The van der Waals surface area contributed by atoms with Gasteiger partial charge in [-0.2, -0.15) is 0 Å². The Morgan fingerprint density at radius 1 is 1.34 bits per heavy atom. The summed E-state index contributed by atoms with van der Waals surface area (Å²) in [5, 5.41) is 6.33. The summed E-state index contributed by atoms with van der Waals surface area (Å²) in [4.78, 5) is 27.9. The van der Waals surface area contributed by atoms with E-state index in [4.69, 9.17) is 0 Å². The number of aromatic nitrogens is 5. The Kier molecular flexibility index (Phi) is 6.00. The van der Waals surface area contributed by atoms with Gasteiger partial charge in [-0.3, -0.25) is 14.9 Å². The van der Waals surface area contributed by atoms with Gasteiger partial charge in [0.25, 0.3) is 5.56 Å². The van der Waals surface area contributed by atoms with Crippen molar-refractivity contribution in [1.29, 1.82) is 0 Å². The third-order valence-corrected chi connectivity index (χ3v) is 5.32. The van der Waals surface area contributed by atoms with Crippen LogP contribution >= 0.6 is 0 Å². The highest BCUT2D eigenvalue weighted by Gasteiger charge is 2.15. The van der Waals surface area contributed by atoms with Gasteiger partial charge in [0.1, 0.15) is 12.1 Å². The second kappa shape index (κ2) is 9.00. The van der Waals surface area contributed by atoms with Crippen molar-refractivity contribution in [2.45, 2.75) is 26.2 Å². The van der Waals surface area contributed by atoms with E-state index in [9.17, 15) is 4.79 Å². The first-order chi connectivity index (χ1) is 14.2. The maximum atomic E-state index is 12.8. The largest absolute Gasteiger partial charge is 0.370 e. The summed E-state index contributed by atoms with van der Waals surface area (Å²) >= 11 is 0. The van der Waals surface area contributed by atoms with E-state index in [-0.39, 0.29) is 5.56 Å². The van der Waals surface area contributed by atoms with Crippen molar-refractivity contribution in [2.75, 3.05) is 31.5 Å². The fourth-order valence-corrected chi connectivity index (χ4v) is 3.84. The normalized spacial score (nSPS) is 17.3. The third-order valence-electron chi connectivity index (χ3n) is 5.32. The van der Waals surface area contributed by atoms with Crippen LogP contribution in [-0.2, 0) is 0 Å². The van der Waals surface area contributed by atoms with Gasteiger partial charge >= 0.3 is 0 Å². The predicted octanol–water partition coefficient (Wildman–Crippen LogP) is 2.55. The Morgan fingerprint density at radius 3 is 3.10 bits per heavy atom. The van der Waals surface area contributed by atoms with Gasteiger partial charge in [0.2, 0.25) is 0 Å². The number of pyridine rings is 1. The Bertz CT molecular complexity index is 982. The first-order valence-corrected chi connectivity index (χ1v) is 10.2. The van der Waals surface area contributed by atoms with E-state index in [1.165, 1.54) is 36.9 Å². The number of aromatic amines is 1. The van der Waals surface area contributed by atoms with Gasteiger partial charge in [0.05, 0.1) is 5.56 Å². The highest BCUT2D eigenvalue weighted by atomic mass is 16.1. The van der Waals surface area contributed by atoms with E-state index >= 15 is 0 Å². The first kappa shape index (κ1) is 19.3. The summed E-state index contributed by atoms with van der Waals surface area (Å²) in [5.74, 6) is 2.02. The number of hydrogen-bond acceptors (Lipinski definition) is 6. The SMILES string of the molecule is CC1CCCN(CCCNc2cc(-n3[nH]cc(-c4cccnc4)c3=O)ncn2)C1. The average Bonchev–Trinajstić information content (AvgIpc) is 3.13. The van der Waals surface area contributed by atoms with Gasteiger partial charge in [0.15, 0.2) is 5.82 Å². The molecule has 0 amide bonds. The Morgan fingerprint density at radius 2 is 2.28 bits per heavy atom. The van der Waals surface area contributed by atoms with Crippen molar-refractivity contribution >= 4 is 5.82 Å². The van der Waals surface area contributed by atoms with Crippen LogP contribution in [0.3, 0.4) is 0 Å². The van der Waals surface area contributed by atoms with Gasteiger partial charge in [-0.15, -0.1) is 0 Å². The van der Waals surface area contributed by atoms with Crippen molar-refractivity contribution in [3.8, 4) is 16.9 Å². The molecule has 0 aromatic carbocycles. The minimum absolute atomic E-state index is 0.165. The molecule has 29 heavy (non-hydrogen) atoms. The molecule has 0 saturated carbocycles. The second-order valence-electron chi connectivity index (χ2n) is 7.66. The van der Waals surface area contributed by atoms with E-state index in [0.29, 0.717) is 17.2 Å². The van der Waals surface area contributed by atoms with Crippen LogP contribution in [0.25, 0.3) is 16.9 Å². The zero-order chi connectivity index (χ0) is 20.1. The van der Waals surface area contributed by atoms with Crippen molar-refractivity contribution < 1.29 is 0 Å². The molecule has 0 bridgehead atoms. The summed E-state index contributed by atoms with van der Waals surface area (Å²) in [6.07, 6.45) is 10.2.